The third kappa shape index (κ3) is 8.53. The van der Waals surface area contributed by atoms with E-state index in [2.05, 4.69) is 57.3 Å². The molecule has 0 aliphatic carbocycles. The van der Waals surface area contributed by atoms with Gasteiger partial charge in [0.05, 0.1) is 0 Å². The van der Waals surface area contributed by atoms with Crippen LogP contribution in [0.4, 0.5) is 0 Å². The molecule has 0 saturated carbocycles. The number of halogens is 1. The standard InChI is InChI=1S/C14H23NS.ClH/c1-12-5-7-13(8-6-12)11-15-9-10-16-14(2,3)4;/h5-8,15H,9-11H2,1-4H3;1H. The molecule has 1 aromatic carbocycles. The van der Waals surface area contributed by atoms with Crippen LogP contribution in [0.25, 0.3) is 0 Å². The minimum atomic E-state index is 0. The van der Waals surface area contributed by atoms with Gasteiger partial charge in [0.25, 0.3) is 0 Å². The van der Waals surface area contributed by atoms with Crippen molar-refractivity contribution in [3.8, 4) is 0 Å². The average molecular weight is 274 g/mol. The Hall–Kier alpha value is -0.180. The number of thioether (sulfide) groups is 1. The molecule has 1 rings (SSSR count). The predicted octanol–water partition coefficient (Wildman–Crippen LogP) is 4.04. The van der Waals surface area contributed by atoms with Gasteiger partial charge in [0.15, 0.2) is 0 Å². The maximum atomic E-state index is 3.47. The Bertz CT molecular complexity index is 303. The fourth-order valence-corrected chi connectivity index (χ4v) is 2.23. The van der Waals surface area contributed by atoms with Gasteiger partial charge in [-0.2, -0.15) is 11.8 Å². The molecule has 1 aromatic rings. The van der Waals surface area contributed by atoms with Gasteiger partial charge in [-0.05, 0) is 12.5 Å². The summed E-state index contributed by atoms with van der Waals surface area (Å²) in [6.45, 7) is 11.0. The van der Waals surface area contributed by atoms with Crippen LogP contribution in [0.2, 0.25) is 0 Å². The third-order valence-corrected chi connectivity index (χ3v) is 3.54. The topological polar surface area (TPSA) is 12.0 Å². The van der Waals surface area contributed by atoms with Crippen LogP contribution < -0.4 is 5.32 Å². The fourth-order valence-electron chi connectivity index (χ4n) is 1.37. The summed E-state index contributed by atoms with van der Waals surface area (Å²) in [4.78, 5) is 0. The molecule has 0 saturated heterocycles. The van der Waals surface area contributed by atoms with Crippen LogP contribution in [0.1, 0.15) is 31.9 Å². The SMILES string of the molecule is Cc1ccc(CNCCSC(C)(C)C)cc1.Cl. The maximum absolute atomic E-state index is 3.47. The van der Waals surface area contributed by atoms with Gasteiger partial charge in [-0.1, -0.05) is 50.6 Å². The summed E-state index contributed by atoms with van der Waals surface area (Å²) < 4.78 is 0.380. The van der Waals surface area contributed by atoms with Gasteiger partial charge < -0.3 is 5.32 Å². The van der Waals surface area contributed by atoms with Crippen LogP contribution in [-0.2, 0) is 6.54 Å². The van der Waals surface area contributed by atoms with Crippen LogP contribution in [0.15, 0.2) is 24.3 Å². The molecule has 0 aliphatic heterocycles. The molecule has 0 heterocycles. The van der Waals surface area contributed by atoms with Crippen LogP contribution in [0.5, 0.6) is 0 Å². The molecule has 3 heteroatoms. The van der Waals surface area contributed by atoms with E-state index in [1.165, 1.54) is 16.9 Å². The second-order valence-corrected chi connectivity index (χ2v) is 7.04. The van der Waals surface area contributed by atoms with Crippen molar-refractivity contribution in [3.05, 3.63) is 35.4 Å². The number of benzene rings is 1. The highest BCUT2D eigenvalue weighted by Gasteiger charge is 2.08. The van der Waals surface area contributed by atoms with Crippen molar-refractivity contribution < 1.29 is 0 Å². The smallest absolute Gasteiger partial charge is 0.0205 e. The summed E-state index contributed by atoms with van der Waals surface area (Å²) in [6.07, 6.45) is 0. The zero-order valence-electron chi connectivity index (χ0n) is 11.2. The van der Waals surface area contributed by atoms with Crippen LogP contribution >= 0.6 is 24.2 Å². The predicted molar refractivity (Wildman–Crippen MR) is 82.3 cm³/mol. The van der Waals surface area contributed by atoms with Crippen molar-refractivity contribution in [1.29, 1.82) is 0 Å². The minimum Gasteiger partial charge on any atom is -0.312 e. The van der Waals surface area contributed by atoms with E-state index in [0.717, 1.165) is 13.1 Å². The lowest BCUT2D eigenvalue weighted by Gasteiger charge is -2.17. The Morgan fingerprint density at radius 3 is 2.24 bits per heavy atom. The highest BCUT2D eigenvalue weighted by atomic mass is 35.5. The molecule has 17 heavy (non-hydrogen) atoms. The molecule has 0 atom stereocenters. The quantitative estimate of drug-likeness (QED) is 0.813. The first-order chi connectivity index (χ1) is 7.47. The van der Waals surface area contributed by atoms with Gasteiger partial charge in [0.2, 0.25) is 0 Å². The average Bonchev–Trinajstić information content (AvgIpc) is 2.19. The zero-order valence-corrected chi connectivity index (χ0v) is 12.9. The van der Waals surface area contributed by atoms with Crippen molar-refractivity contribution in [2.45, 2.75) is 39.0 Å². The molecule has 0 bridgehead atoms. The summed E-state index contributed by atoms with van der Waals surface area (Å²) >= 11 is 2.01. The fraction of sp³-hybridized carbons (Fsp3) is 0.571. The Balaban J connectivity index is 0.00000256. The lowest BCUT2D eigenvalue weighted by atomic mass is 10.1. The summed E-state index contributed by atoms with van der Waals surface area (Å²) in [5.41, 5.74) is 2.69. The number of rotatable bonds is 5. The van der Waals surface area contributed by atoms with E-state index in [9.17, 15) is 0 Å². The number of aryl methyl sites for hydroxylation is 1. The summed E-state index contributed by atoms with van der Waals surface area (Å²) in [7, 11) is 0. The lowest BCUT2D eigenvalue weighted by molar-refractivity contribution is 0.725. The van der Waals surface area contributed by atoms with Crippen molar-refractivity contribution in [2.24, 2.45) is 0 Å². The van der Waals surface area contributed by atoms with Gasteiger partial charge in [-0.3, -0.25) is 0 Å². The Morgan fingerprint density at radius 1 is 1.12 bits per heavy atom. The van der Waals surface area contributed by atoms with Gasteiger partial charge in [-0.25, -0.2) is 0 Å². The zero-order chi connectivity index (χ0) is 12.0. The second kappa shape index (κ2) is 8.02. The van der Waals surface area contributed by atoms with Crippen LogP contribution in [-0.4, -0.2) is 17.0 Å². The first kappa shape index (κ1) is 16.8. The molecule has 0 radical (unpaired) electrons. The molecule has 0 unspecified atom stereocenters. The highest BCUT2D eigenvalue weighted by molar-refractivity contribution is 8.00. The van der Waals surface area contributed by atoms with E-state index in [1.54, 1.807) is 0 Å². The van der Waals surface area contributed by atoms with E-state index in [1.807, 2.05) is 11.8 Å². The Morgan fingerprint density at radius 2 is 1.71 bits per heavy atom. The van der Waals surface area contributed by atoms with Crippen molar-refractivity contribution in [1.82, 2.24) is 5.32 Å². The molecule has 0 aromatic heterocycles. The molecule has 0 fully saturated rings. The van der Waals surface area contributed by atoms with Crippen molar-refractivity contribution >= 4 is 24.2 Å². The van der Waals surface area contributed by atoms with Crippen molar-refractivity contribution in [2.75, 3.05) is 12.3 Å². The van der Waals surface area contributed by atoms with Crippen LogP contribution in [0, 0.1) is 6.92 Å². The normalized spacial score (nSPS) is 11.1. The van der Waals surface area contributed by atoms with E-state index in [-0.39, 0.29) is 12.4 Å². The monoisotopic (exact) mass is 273 g/mol. The van der Waals surface area contributed by atoms with E-state index < -0.39 is 0 Å². The van der Waals surface area contributed by atoms with Gasteiger partial charge in [-0.15, -0.1) is 12.4 Å². The van der Waals surface area contributed by atoms with Gasteiger partial charge in [0, 0.05) is 23.6 Å². The number of hydrogen-bond acceptors (Lipinski definition) is 2. The van der Waals surface area contributed by atoms with Gasteiger partial charge >= 0.3 is 0 Å². The van der Waals surface area contributed by atoms with E-state index in [0.29, 0.717) is 4.75 Å². The summed E-state index contributed by atoms with van der Waals surface area (Å²) in [5.74, 6) is 1.18. The van der Waals surface area contributed by atoms with E-state index in [4.69, 9.17) is 0 Å². The first-order valence-electron chi connectivity index (χ1n) is 5.87. The Kier molecular flexibility index (Phi) is 7.93. The third-order valence-electron chi connectivity index (χ3n) is 2.26. The minimum absolute atomic E-state index is 0. The second-order valence-electron chi connectivity index (χ2n) is 5.12. The molecular formula is C14H24ClNS. The van der Waals surface area contributed by atoms with Gasteiger partial charge in [0.1, 0.15) is 0 Å². The maximum Gasteiger partial charge on any atom is 0.0205 e. The number of hydrogen-bond donors (Lipinski definition) is 1. The summed E-state index contributed by atoms with van der Waals surface area (Å²) in [5, 5.41) is 3.47. The highest BCUT2D eigenvalue weighted by Crippen LogP contribution is 2.21. The first-order valence-corrected chi connectivity index (χ1v) is 6.86. The molecule has 0 aliphatic rings. The Labute approximate surface area is 116 Å². The van der Waals surface area contributed by atoms with Crippen molar-refractivity contribution in [3.63, 3.8) is 0 Å². The van der Waals surface area contributed by atoms with E-state index >= 15 is 0 Å². The molecular weight excluding hydrogens is 250 g/mol. The molecule has 1 N–H and O–H groups in total. The van der Waals surface area contributed by atoms with Crippen LogP contribution in [0.3, 0.4) is 0 Å². The molecule has 0 spiro atoms. The largest absolute Gasteiger partial charge is 0.312 e. The lowest BCUT2D eigenvalue weighted by Crippen LogP contribution is -2.19. The number of nitrogens with one attached hydrogen (secondary N) is 1. The molecule has 98 valence electrons. The summed E-state index contributed by atoms with van der Waals surface area (Å²) in [6, 6.07) is 8.72. The molecule has 1 nitrogen and oxygen atoms in total. The molecule has 0 amide bonds.